The van der Waals surface area contributed by atoms with Crippen molar-refractivity contribution in [2.75, 3.05) is 20.0 Å². The van der Waals surface area contributed by atoms with E-state index in [2.05, 4.69) is 5.32 Å². The normalized spacial score (nSPS) is 9.17. The Balaban J connectivity index is 3.99. The summed E-state index contributed by atoms with van der Waals surface area (Å²) in [5.41, 5.74) is 0. The van der Waals surface area contributed by atoms with E-state index in [1.54, 1.807) is 6.92 Å². The molecular formula is C7H13BN2O2. The van der Waals surface area contributed by atoms with Crippen LogP contribution in [-0.2, 0) is 9.59 Å². The van der Waals surface area contributed by atoms with Crippen molar-refractivity contribution in [3.63, 3.8) is 0 Å². The van der Waals surface area contributed by atoms with Crippen molar-refractivity contribution in [1.82, 2.24) is 10.2 Å². The van der Waals surface area contributed by atoms with E-state index in [0.29, 0.717) is 6.42 Å². The van der Waals surface area contributed by atoms with Crippen LogP contribution in [0.15, 0.2) is 0 Å². The Kier molecular flexibility index (Phi) is 5.16. The van der Waals surface area contributed by atoms with Gasteiger partial charge in [0.1, 0.15) is 0 Å². The molecule has 2 radical (unpaired) electrons. The van der Waals surface area contributed by atoms with Gasteiger partial charge in [0.15, 0.2) is 0 Å². The molecule has 0 saturated carbocycles. The Hall–Kier alpha value is -0.995. The zero-order chi connectivity index (χ0) is 9.56. The highest BCUT2D eigenvalue weighted by Crippen LogP contribution is 1.91. The van der Waals surface area contributed by atoms with E-state index in [9.17, 15) is 9.59 Å². The van der Waals surface area contributed by atoms with Gasteiger partial charge in [-0.25, -0.2) is 0 Å². The second-order valence-corrected chi connectivity index (χ2v) is 2.30. The fourth-order valence-corrected chi connectivity index (χ4v) is 0.731. The van der Waals surface area contributed by atoms with Crippen molar-refractivity contribution >= 4 is 19.7 Å². The molecule has 5 heteroatoms. The predicted octanol–water partition coefficient (Wildman–Crippen LogP) is -0.903. The molecule has 0 aromatic carbocycles. The molecule has 0 bridgehead atoms. The minimum Gasteiger partial charge on any atom is -0.358 e. The SMILES string of the molecule is [B]CN(CC(=O)NC)C(=O)CC. The van der Waals surface area contributed by atoms with E-state index in [-0.39, 0.29) is 24.8 Å². The summed E-state index contributed by atoms with van der Waals surface area (Å²) in [5.74, 6) is -0.316. The van der Waals surface area contributed by atoms with Crippen LogP contribution in [0.5, 0.6) is 0 Å². The Morgan fingerprint density at radius 3 is 2.42 bits per heavy atom. The van der Waals surface area contributed by atoms with Crippen LogP contribution < -0.4 is 5.32 Å². The van der Waals surface area contributed by atoms with Gasteiger partial charge in [-0.05, 0) is 6.44 Å². The number of hydrogen-bond acceptors (Lipinski definition) is 2. The van der Waals surface area contributed by atoms with Crippen LogP contribution in [0.1, 0.15) is 13.3 Å². The van der Waals surface area contributed by atoms with Crippen LogP contribution in [0, 0.1) is 0 Å². The van der Waals surface area contributed by atoms with E-state index in [0.717, 1.165) is 0 Å². The molecule has 0 saturated heterocycles. The summed E-state index contributed by atoms with van der Waals surface area (Å²) < 4.78 is 0. The maximum Gasteiger partial charge on any atom is 0.239 e. The Bertz CT molecular complexity index is 173. The standard InChI is InChI=1S/C7H13BN2O2/c1-3-7(12)10(5-8)4-6(11)9-2/h3-5H2,1-2H3,(H,9,11). The Labute approximate surface area is 73.7 Å². The number of rotatable bonds is 4. The second kappa shape index (κ2) is 5.63. The molecule has 0 unspecified atom stereocenters. The van der Waals surface area contributed by atoms with E-state index >= 15 is 0 Å². The number of carbonyl (C=O) groups is 2. The van der Waals surface area contributed by atoms with Gasteiger partial charge in [0.25, 0.3) is 0 Å². The molecular weight excluding hydrogens is 155 g/mol. The molecule has 0 atom stereocenters. The first kappa shape index (κ1) is 11.0. The minimum absolute atomic E-state index is 0.0413. The fraction of sp³-hybridized carbons (Fsp3) is 0.714. The largest absolute Gasteiger partial charge is 0.358 e. The summed E-state index contributed by atoms with van der Waals surface area (Å²) in [4.78, 5) is 23.2. The van der Waals surface area contributed by atoms with Gasteiger partial charge in [0.2, 0.25) is 11.8 Å². The summed E-state index contributed by atoms with van der Waals surface area (Å²) in [6, 6.07) is 0. The summed E-state index contributed by atoms with van der Waals surface area (Å²) in [6.45, 7) is 1.77. The minimum atomic E-state index is -0.206. The molecule has 0 aromatic heterocycles. The highest BCUT2D eigenvalue weighted by atomic mass is 16.2. The molecule has 0 fully saturated rings. The Morgan fingerprint density at radius 1 is 1.50 bits per heavy atom. The molecule has 1 N–H and O–H groups in total. The van der Waals surface area contributed by atoms with Crippen molar-refractivity contribution in [3.8, 4) is 0 Å². The van der Waals surface area contributed by atoms with Crippen LogP contribution in [0.4, 0.5) is 0 Å². The van der Waals surface area contributed by atoms with Crippen LogP contribution >= 0.6 is 0 Å². The molecule has 12 heavy (non-hydrogen) atoms. The van der Waals surface area contributed by atoms with Gasteiger partial charge >= 0.3 is 0 Å². The lowest BCUT2D eigenvalue weighted by Crippen LogP contribution is -2.39. The van der Waals surface area contributed by atoms with E-state index in [1.165, 1.54) is 11.9 Å². The third-order valence-electron chi connectivity index (χ3n) is 1.49. The number of likely N-dealkylation sites (N-methyl/N-ethyl adjacent to an activating group) is 1. The van der Waals surface area contributed by atoms with E-state index < -0.39 is 0 Å². The average molecular weight is 168 g/mol. The molecule has 0 heterocycles. The van der Waals surface area contributed by atoms with Crippen molar-refractivity contribution in [3.05, 3.63) is 0 Å². The summed E-state index contributed by atoms with van der Waals surface area (Å²) in [6.07, 6.45) is 0.453. The van der Waals surface area contributed by atoms with Crippen molar-refractivity contribution in [2.45, 2.75) is 13.3 Å². The number of carbonyl (C=O) groups excluding carboxylic acids is 2. The van der Waals surface area contributed by atoms with Gasteiger partial charge in [-0.2, -0.15) is 0 Å². The molecule has 0 aliphatic rings. The monoisotopic (exact) mass is 168 g/mol. The van der Waals surface area contributed by atoms with E-state index in [4.69, 9.17) is 7.85 Å². The molecule has 2 amide bonds. The lowest BCUT2D eigenvalue weighted by atomic mass is 10.1. The highest BCUT2D eigenvalue weighted by molar-refractivity contribution is 6.10. The summed E-state index contributed by atoms with van der Waals surface area (Å²) >= 11 is 0. The quantitative estimate of drug-likeness (QED) is 0.553. The molecule has 0 aliphatic heterocycles. The predicted molar refractivity (Wildman–Crippen MR) is 46.7 cm³/mol. The first-order chi connectivity index (χ1) is 5.65. The molecule has 0 spiro atoms. The van der Waals surface area contributed by atoms with E-state index in [1.807, 2.05) is 0 Å². The number of nitrogens with one attached hydrogen (secondary N) is 1. The molecule has 0 aromatic rings. The van der Waals surface area contributed by atoms with Crippen LogP contribution in [0.25, 0.3) is 0 Å². The first-order valence-electron chi connectivity index (χ1n) is 3.84. The van der Waals surface area contributed by atoms with Crippen LogP contribution in [0.3, 0.4) is 0 Å². The third-order valence-corrected chi connectivity index (χ3v) is 1.49. The van der Waals surface area contributed by atoms with Crippen molar-refractivity contribution < 1.29 is 9.59 Å². The average Bonchev–Trinajstić information content (AvgIpc) is 2.12. The lowest BCUT2D eigenvalue weighted by Gasteiger charge is -2.19. The topological polar surface area (TPSA) is 49.4 Å². The Morgan fingerprint density at radius 2 is 2.08 bits per heavy atom. The van der Waals surface area contributed by atoms with Gasteiger partial charge in [-0.15, -0.1) is 0 Å². The summed E-state index contributed by atoms with van der Waals surface area (Å²) in [5, 5.41) is 2.42. The lowest BCUT2D eigenvalue weighted by molar-refractivity contribution is -0.134. The number of amides is 2. The maximum absolute atomic E-state index is 11.1. The molecule has 66 valence electrons. The van der Waals surface area contributed by atoms with Gasteiger partial charge < -0.3 is 10.2 Å². The first-order valence-corrected chi connectivity index (χ1v) is 3.84. The van der Waals surface area contributed by atoms with Gasteiger partial charge in [0, 0.05) is 13.5 Å². The third kappa shape index (κ3) is 3.41. The fourth-order valence-electron chi connectivity index (χ4n) is 0.731. The second-order valence-electron chi connectivity index (χ2n) is 2.30. The van der Waals surface area contributed by atoms with Crippen LogP contribution in [-0.4, -0.2) is 44.6 Å². The number of nitrogens with zero attached hydrogens (tertiary/aromatic N) is 1. The molecule has 0 aliphatic carbocycles. The smallest absolute Gasteiger partial charge is 0.239 e. The van der Waals surface area contributed by atoms with Crippen molar-refractivity contribution in [1.29, 1.82) is 0 Å². The maximum atomic E-state index is 11.1. The number of hydrogen-bond donors (Lipinski definition) is 1. The van der Waals surface area contributed by atoms with Gasteiger partial charge in [0.05, 0.1) is 14.4 Å². The summed E-state index contributed by atoms with van der Waals surface area (Å²) in [7, 11) is 6.80. The zero-order valence-electron chi connectivity index (χ0n) is 7.46. The highest BCUT2D eigenvalue weighted by Gasteiger charge is 2.11. The zero-order valence-corrected chi connectivity index (χ0v) is 7.46. The van der Waals surface area contributed by atoms with Crippen LogP contribution in [0.2, 0.25) is 0 Å². The molecule has 4 nitrogen and oxygen atoms in total. The molecule has 0 rings (SSSR count). The van der Waals surface area contributed by atoms with Crippen molar-refractivity contribution in [2.24, 2.45) is 0 Å². The van der Waals surface area contributed by atoms with Gasteiger partial charge in [-0.1, -0.05) is 6.92 Å². The van der Waals surface area contributed by atoms with Gasteiger partial charge in [-0.3, -0.25) is 9.59 Å².